The fourth-order valence-corrected chi connectivity index (χ4v) is 3.12. The molecule has 6 nitrogen and oxygen atoms in total. The number of unbranched alkanes of at least 4 members (excludes halogenated alkanes) is 1. The Bertz CT molecular complexity index is 702. The number of sulfone groups is 1. The summed E-state index contributed by atoms with van der Waals surface area (Å²) in [6.07, 6.45) is 6.32. The molecule has 26 heavy (non-hydrogen) atoms. The fourth-order valence-electron chi connectivity index (χ4n) is 2.49. The third kappa shape index (κ3) is 8.21. The van der Waals surface area contributed by atoms with Crippen LogP contribution in [-0.2, 0) is 14.6 Å². The molecular weight excluding hydrogens is 376 g/mol. The fraction of sp³-hybridized carbons (Fsp3) is 0.500. The molecule has 0 unspecified atom stereocenters. The van der Waals surface area contributed by atoms with Gasteiger partial charge < -0.3 is 15.4 Å². The highest BCUT2D eigenvalue weighted by molar-refractivity contribution is 7.90. The van der Waals surface area contributed by atoms with E-state index in [2.05, 4.69) is 16.7 Å². The van der Waals surface area contributed by atoms with Crippen molar-refractivity contribution in [2.75, 3.05) is 32.5 Å². The molecule has 1 aromatic carbocycles. The molecule has 1 aliphatic heterocycles. The van der Waals surface area contributed by atoms with E-state index in [0.29, 0.717) is 25.3 Å². The van der Waals surface area contributed by atoms with Crippen molar-refractivity contribution in [1.82, 2.24) is 10.6 Å². The van der Waals surface area contributed by atoms with Gasteiger partial charge >= 0.3 is 0 Å². The second kappa shape index (κ2) is 11.2. The highest BCUT2D eigenvalue weighted by Gasteiger charge is 2.07. The molecule has 0 radical (unpaired) electrons. The van der Waals surface area contributed by atoms with Crippen molar-refractivity contribution in [3.05, 3.63) is 35.9 Å². The van der Waals surface area contributed by atoms with Crippen LogP contribution in [0.25, 0.3) is 0 Å². The van der Waals surface area contributed by atoms with E-state index in [4.69, 9.17) is 4.74 Å². The van der Waals surface area contributed by atoms with Crippen molar-refractivity contribution in [3.8, 4) is 5.75 Å². The van der Waals surface area contributed by atoms with Crippen LogP contribution in [0.15, 0.2) is 40.8 Å². The number of carbonyl (C=O) groups excluding carboxylic acids is 1. The predicted molar refractivity (Wildman–Crippen MR) is 105 cm³/mol. The number of nitrogens with one attached hydrogen (secondary N) is 2. The molecule has 1 amide bonds. The van der Waals surface area contributed by atoms with Crippen molar-refractivity contribution in [2.45, 2.75) is 30.6 Å². The van der Waals surface area contributed by atoms with E-state index in [9.17, 15) is 13.2 Å². The Balaban J connectivity index is 0.00000338. The van der Waals surface area contributed by atoms with E-state index in [1.807, 2.05) is 0 Å². The van der Waals surface area contributed by atoms with Crippen LogP contribution in [0.5, 0.6) is 5.75 Å². The van der Waals surface area contributed by atoms with Gasteiger partial charge in [0.2, 0.25) is 5.91 Å². The van der Waals surface area contributed by atoms with Crippen molar-refractivity contribution < 1.29 is 17.9 Å². The lowest BCUT2D eigenvalue weighted by Gasteiger charge is -2.14. The maximum absolute atomic E-state index is 11.8. The minimum absolute atomic E-state index is 0. The lowest BCUT2D eigenvalue weighted by atomic mass is 10.1. The molecule has 1 heterocycles. The van der Waals surface area contributed by atoms with E-state index >= 15 is 0 Å². The Morgan fingerprint density at radius 2 is 1.96 bits per heavy atom. The average Bonchev–Trinajstić information content (AvgIpc) is 2.60. The van der Waals surface area contributed by atoms with E-state index in [-0.39, 0.29) is 23.2 Å². The molecule has 2 rings (SSSR count). The molecule has 0 saturated heterocycles. The summed E-state index contributed by atoms with van der Waals surface area (Å²) in [6.45, 7) is 3.00. The number of amides is 1. The lowest BCUT2D eigenvalue weighted by molar-refractivity contribution is -0.121. The summed E-state index contributed by atoms with van der Waals surface area (Å²) in [5, 5.41) is 6.19. The second-order valence-corrected chi connectivity index (χ2v) is 8.16. The van der Waals surface area contributed by atoms with Gasteiger partial charge in [-0.15, -0.1) is 12.4 Å². The van der Waals surface area contributed by atoms with Crippen LogP contribution in [0.2, 0.25) is 0 Å². The number of halogens is 1. The first kappa shape index (κ1) is 22.5. The number of hydrogen-bond donors (Lipinski definition) is 2. The number of benzene rings is 1. The Morgan fingerprint density at radius 1 is 1.23 bits per heavy atom. The monoisotopic (exact) mass is 402 g/mol. The van der Waals surface area contributed by atoms with Crippen LogP contribution >= 0.6 is 12.4 Å². The van der Waals surface area contributed by atoms with Gasteiger partial charge in [-0.3, -0.25) is 4.79 Å². The highest BCUT2D eigenvalue weighted by atomic mass is 35.5. The van der Waals surface area contributed by atoms with Gasteiger partial charge in [-0.1, -0.05) is 11.6 Å². The third-order valence-electron chi connectivity index (χ3n) is 3.99. The van der Waals surface area contributed by atoms with Gasteiger partial charge in [-0.2, -0.15) is 0 Å². The molecule has 0 bridgehead atoms. The Morgan fingerprint density at radius 3 is 2.58 bits per heavy atom. The first-order valence-corrected chi connectivity index (χ1v) is 10.4. The molecule has 0 aromatic heterocycles. The van der Waals surface area contributed by atoms with Gasteiger partial charge in [0.1, 0.15) is 5.75 Å². The van der Waals surface area contributed by atoms with E-state index < -0.39 is 9.84 Å². The van der Waals surface area contributed by atoms with Gasteiger partial charge in [0.15, 0.2) is 9.84 Å². The molecular formula is C18H27ClN2O4S. The minimum Gasteiger partial charge on any atom is -0.494 e. The Hall–Kier alpha value is -1.57. The third-order valence-corrected chi connectivity index (χ3v) is 5.12. The SMILES string of the molecule is CS(=O)(=O)c1ccc(OCCCCC(=O)NCC2=CCNCC2)cc1.Cl. The maximum Gasteiger partial charge on any atom is 0.220 e. The quantitative estimate of drug-likeness (QED) is 0.488. The Labute approximate surface area is 161 Å². The smallest absolute Gasteiger partial charge is 0.220 e. The molecule has 146 valence electrons. The summed E-state index contributed by atoms with van der Waals surface area (Å²) in [4.78, 5) is 12.1. The van der Waals surface area contributed by atoms with E-state index in [1.54, 1.807) is 12.1 Å². The van der Waals surface area contributed by atoms with Crippen LogP contribution in [-0.4, -0.2) is 46.8 Å². The van der Waals surface area contributed by atoms with Crippen LogP contribution in [0.3, 0.4) is 0 Å². The topological polar surface area (TPSA) is 84.5 Å². The summed E-state index contributed by atoms with van der Waals surface area (Å²) >= 11 is 0. The standard InChI is InChI=1S/C18H26N2O4S.ClH/c1-25(22,23)17-7-5-16(6-8-17)24-13-3-2-4-18(21)20-14-15-9-11-19-12-10-15;/h5-9,19H,2-4,10-14H2,1H3,(H,20,21);1H. The van der Waals surface area contributed by atoms with Crippen LogP contribution in [0.4, 0.5) is 0 Å². The van der Waals surface area contributed by atoms with E-state index in [0.717, 1.165) is 32.4 Å². The van der Waals surface area contributed by atoms with Gasteiger partial charge in [0.25, 0.3) is 0 Å². The average molecular weight is 403 g/mol. The first-order chi connectivity index (χ1) is 11.9. The van der Waals surface area contributed by atoms with Crippen molar-refractivity contribution in [1.29, 1.82) is 0 Å². The predicted octanol–water partition coefficient (Wildman–Crippen LogP) is 2.10. The van der Waals surface area contributed by atoms with Crippen molar-refractivity contribution in [2.24, 2.45) is 0 Å². The zero-order valence-corrected chi connectivity index (χ0v) is 16.6. The number of ether oxygens (including phenoxy) is 1. The van der Waals surface area contributed by atoms with Gasteiger partial charge in [-0.25, -0.2) is 8.42 Å². The van der Waals surface area contributed by atoms with Crippen LogP contribution in [0.1, 0.15) is 25.7 Å². The second-order valence-electron chi connectivity index (χ2n) is 6.14. The van der Waals surface area contributed by atoms with E-state index in [1.165, 1.54) is 24.0 Å². The lowest BCUT2D eigenvalue weighted by Crippen LogP contribution is -2.29. The largest absolute Gasteiger partial charge is 0.494 e. The molecule has 0 spiro atoms. The van der Waals surface area contributed by atoms with Crippen molar-refractivity contribution >= 4 is 28.2 Å². The van der Waals surface area contributed by atoms with Gasteiger partial charge in [0, 0.05) is 25.8 Å². The molecule has 0 atom stereocenters. The number of carbonyl (C=O) groups is 1. The summed E-state index contributed by atoms with van der Waals surface area (Å²) in [7, 11) is -3.18. The summed E-state index contributed by atoms with van der Waals surface area (Å²) in [5.74, 6) is 0.701. The highest BCUT2D eigenvalue weighted by Crippen LogP contribution is 2.16. The van der Waals surface area contributed by atoms with Crippen LogP contribution < -0.4 is 15.4 Å². The van der Waals surface area contributed by atoms with Gasteiger partial charge in [0.05, 0.1) is 11.5 Å². The molecule has 1 aliphatic rings. The summed E-state index contributed by atoms with van der Waals surface area (Å²) in [5.41, 5.74) is 1.29. The summed E-state index contributed by atoms with van der Waals surface area (Å²) < 4.78 is 28.3. The number of hydrogen-bond acceptors (Lipinski definition) is 5. The molecule has 0 fully saturated rings. The molecule has 2 N–H and O–H groups in total. The Kier molecular flexibility index (Phi) is 9.69. The normalized spacial score (nSPS) is 14.1. The summed E-state index contributed by atoms with van der Waals surface area (Å²) in [6, 6.07) is 6.37. The minimum atomic E-state index is -3.18. The van der Waals surface area contributed by atoms with Crippen molar-refractivity contribution in [3.63, 3.8) is 0 Å². The zero-order chi connectivity index (χ0) is 18.1. The number of rotatable bonds is 9. The zero-order valence-electron chi connectivity index (χ0n) is 15.0. The molecule has 0 aliphatic carbocycles. The van der Waals surface area contributed by atoms with Gasteiger partial charge in [-0.05, 0) is 50.1 Å². The first-order valence-electron chi connectivity index (χ1n) is 8.53. The maximum atomic E-state index is 11.8. The molecule has 8 heteroatoms. The molecule has 1 aromatic rings. The molecule has 0 saturated carbocycles. The van der Waals surface area contributed by atoms with Crippen LogP contribution in [0, 0.1) is 0 Å².